The van der Waals surface area contributed by atoms with E-state index in [4.69, 9.17) is 0 Å². The predicted molar refractivity (Wildman–Crippen MR) is 88.4 cm³/mol. The highest BCUT2D eigenvalue weighted by Gasteiger charge is 2.27. The van der Waals surface area contributed by atoms with Gasteiger partial charge in [0.2, 0.25) is 0 Å². The van der Waals surface area contributed by atoms with E-state index in [1.807, 2.05) is 0 Å². The van der Waals surface area contributed by atoms with Crippen LogP contribution in [0.1, 0.15) is 12.8 Å². The van der Waals surface area contributed by atoms with Gasteiger partial charge < -0.3 is 0 Å². The maximum Gasteiger partial charge on any atom is 0.255 e. The largest absolute Gasteiger partial charge is 0.291 e. The Morgan fingerprint density at radius 3 is 2.52 bits per heavy atom. The van der Waals surface area contributed by atoms with E-state index in [9.17, 15) is 13.2 Å². The summed E-state index contributed by atoms with van der Waals surface area (Å²) in [6, 6.07) is 1.29. The summed E-state index contributed by atoms with van der Waals surface area (Å²) in [4.78, 5) is 8.23. The van der Waals surface area contributed by atoms with E-state index < -0.39 is 17.5 Å². The lowest BCUT2D eigenvalue weighted by Crippen LogP contribution is -2.44. The van der Waals surface area contributed by atoms with Crippen molar-refractivity contribution in [2.75, 3.05) is 18.1 Å². The third-order valence-corrected chi connectivity index (χ3v) is 4.56. The van der Waals surface area contributed by atoms with Crippen molar-refractivity contribution in [2.24, 2.45) is 0 Å². The Kier molecular flexibility index (Phi) is 4.08. The first kappa shape index (κ1) is 16.3. The molecule has 25 heavy (non-hydrogen) atoms. The fraction of sp³-hybridized carbons (Fsp3) is 0.267. The molecule has 0 unspecified atom stereocenters. The zero-order valence-corrected chi connectivity index (χ0v) is 14.4. The molecular formula is C15H12BrF3N6. The highest BCUT2D eigenvalue weighted by atomic mass is 79.9. The summed E-state index contributed by atoms with van der Waals surface area (Å²) in [5.41, 5.74) is 2.95. The second kappa shape index (κ2) is 6.26. The number of benzene rings is 1. The molecule has 1 saturated heterocycles. The van der Waals surface area contributed by atoms with Gasteiger partial charge in [-0.2, -0.15) is 14.6 Å². The second-order valence-electron chi connectivity index (χ2n) is 5.58. The minimum absolute atomic E-state index is 0.141. The number of aromatic nitrogens is 4. The lowest BCUT2D eigenvalue weighted by molar-refractivity contribution is 0.502. The van der Waals surface area contributed by atoms with Crippen LogP contribution in [0.4, 0.5) is 19.0 Å². The quantitative estimate of drug-likeness (QED) is 0.655. The SMILES string of the molecule is Fc1cc(F)c(-c2c(Br)nc3ncnn3c2N2CCCCN2)c(F)c1. The number of anilines is 1. The molecule has 4 rings (SSSR count). The zero-order chi connectivity index (χ0) is 17.6. The van der Waals surface area contributed by atoms with Gasteiger partial charge in [0, 0.05) is 25.2 Å². The Morgan fingerprint density at radius 2 is 1.84 bits per heavy atom. The molecule has 6 nitrogen and oxygen atoms in total. The minimum atomic E-state index is -1.02. The molecule has 0 amide bonds. The van der Waals surface area contributed by atoms with Gasteiger partial charge in [-0.25, -0.2) is 23.6 Å². The van der Waals surface area contributed by atoms with Gasteiger partial charge in [-0.1, -0.05) is 0 Å². The summed E-state index contributed by atoms with van der Waals surface area (Å²) < 4.78 is 43.8. The van der Waals surface area contributed by atoms with Crippen LogP contribution >= 0.6 is 15.9 Å². The Bertz CT molecular complexity index is 931. The molecule has 1 N–H and O–H groups in total. The van der Waals surface area contributed by atoms with Crippen LogP contribution in [0.15, 0.2) is 23.1 Å². The van der Waals surface area contributed by atoms with Gasteiger partial charge in [0.15, 0.2) is 5.82 Å². The van der Waals surface area contributed by atoms with E-state index in [1.165, 1.54) is 10.8 Å². The average molecular weight is 413 g/mol. The molecule has 2 aromatic heterocycles. The maximum atomic E-state index is 14.4. The number of rotatable bonds is 2. The van der Waals surface area contributed by atoms with Crippen molar-refractivity contribution in [1.82, 2.24) is 25.0 Å². The van der Waals surface area contributed by atoms with Crippen LogP contribution in [0.2, 0.25) is 0 Å². The van der Waals surface area contributed by atoms with Crippen LogP contribution in [-0.2, 0) is 0 Å². The maximum absolute atomic E-state index is 14.4. The molecule has 0 atom stereocenters. The minimum Gasteiger partial charge on any atom is -0.291 e. The molecule has 1 aromatic carbocycles. The Hall–Kier alpha value is -2.20. The van der Waals surface area contributed by atoms with Crippen LogP contribution in [0.5, 0.6) is 0 Å². The predicted octanol–water partition coefficient (Wildman–Crippen LogP) is 3.08. The van der Waals surface area contributed by atoms with Crippen LogP contribution < -0.4 is 10.4 Å². The molecule has 0 radical (unpaired) electrons. The van der Waals surface area contributed by atoms with Crippen molar-refractivity contribution < 1.29 is 13.2 Å². The average Bonchev–Trinajstić information content (AvgIpc) is 3.02. The van der Waals surface area contributed by atoms with E-state index in [0.29, 0.717) is 31.0 Å². The van der Waals surface area contributed by atoms with Crippen LogP contribution in [0, 0.1) is 17.5 Å². The number of nitrogens with zero attached hydrogens (tertiary/aromatic N) is 5. The van der Waals surface area contributed by atoms with Crippen LogP contribution in [0.25, 0.3) is 16.9 Å². The first-order valence-electron chi connectivity index (χ1n) is 7.61. The first-order chi connectivity index (χ1) is 12.1. The Balaban J connectivity index is 2.05. The normalized spacial score (nSPS) is 15.1. The zero-order valence-electron chi connectivity index (χ0n) is 12.8. The Labute approximate surface area is 148 Å². The lowest BCUT2D eigenvalue weighted by Gasteiger charge is -2.31. The fourth-order valence-corrected chi connectivity index (χ4v) is 3.45. The molecule has 0 spiro atoms. The number of halogens is 4. The van der Waals surface area contributed by atoms with Crippen molar-refractivity contribution in [3.8, 4) is 11.1 Å². The lowest BCUT2D eigenvalue weighted by atomic mass is 10.1. The van der Waals surface area contributed by atoms with Gasteiger partial charge >= 0.3 is 0 Å². The molecule has 0 saturated carbocycles. The molecule has 3 heterocycles. The van der Waals surface area contributed by atoms with Crippen LogP contribution in [-0.4, -0.2) is 32.7 Å². The monoisotopic (exact) mass is 412 g/mol. The number of hydrogen-bond acceptors (Lipinski definition) is 5. The summed E-state index contributed by atoms with van der Waals surface area (Å²) in [7, 11) is 0. The van der Waals surface area contributed by atoms with Gasteiger partial charge in [0.25, 0.3) is 5.78 Å². The van der Waals surface area contributed by atoms with E-state index in [0.717, 1.165) is 12.8 Å². The van der Waals surface area contributed by atoms with Gasteiger partial charge in [-0.3, -0.25) is 5.01 Å². The molecule has 10 heteroatoms. The molecule has 3 aromatic rings. The van der Waals surface area contributed by atoms with Crippen molar-refractivity contribution in [1.29, 1.82) is 0 Å². The van der Waals surface area contributed by atoms with E-state index >= 15 is 0 Å². The van der Waals surface area contributed by atoms with Crippen molar-refractivity contribution in [3.63, 3.8) is 0 Å². The third-order valence-electron chi connectivity index (χ3n) is 3.98. The van der Waals surface area contributed by atoms with Crippen LogP contribution in [0.3, 0.4) is 0 Å². The second-order valence-corrected chi connectivity index (χ2v) is 6.34. The number of hydrazine groups is 1. The van der Waals surface area contributed by atoms with Crippen molar-refractivity contribution in [3.05, 3.63) is 40.5 Å². The Morgan fingerprint density at radius 1 is 1.08 bits per heavy atom. The number of nitrogens with one attached hydrogen (secondary N) is 1. The van der Waals surface area contributed by atoms with Gasteiger partial charge in [-0.05, 0) is 28.8 Å². The highest BCUT2D eigenvalue weighted by molar-refractivity contribution is 9.10. The summed E-state index contributed by atoms with van der Waals surface area (Å²) >= 11 is 3.27. The standard InChI is InChI=1S/C15H12BrF3N6/c16-13-12(11-9(18)5-8(17)6-10(11)19)14(24-4-2-1-3-21-24)25-15(23-13)20-7-22-25/h5-7,21H,1-4H2. The van der Waals surface area contributed by atoms with Crippen molar-refractivity contribution >= 4 is 27.5 Å². The summed E-state index contributed by atoms with van der Waals surface area (Å²) in [5, 5.41) is 5.88. The molecular weight excluding hydrogens is 401 g/mol. The summed E-state index contributed by atoms with van der Waals surface area (Å²) in [6.45, 7) is 1.33. The highest BCUT2D eigenvalue weighted by Crippen LogP contribution is 2.39. The van der Waals surface area contributed by atoms with E-state index in [-0.39, 0.29) is 21.5 Å². The molecule has 130 valence electrons. The first-order valence-corrected chi connectivity index (χ1v) is 8.41. The molecule has 1 aliphatic rings. The summed E-state index contributed by atoms with van der Waals surface area (Å²) in [6.07, 6.45) is 3.19. The van der Waals surface area contributed by atoms with Gasteiger partial charge in [-0.15, -0.1) is 0 Å². The third kappa shape index (κ3) is 2.74. The smallest absolute Gasteiger partial charge is 0.255 e. The van der Waals surface area contributed by atoms with E-state index in [2.05, 4.69) is 36.4 Å². The fourth-order valence-electron chi connectivity index (χ4n) is 2.92. The molecule has 1 aliphatic heterocycles. The van der Waals surface area contributed by atoms with Gasteiger partial charge in [0.1, 0.15) is 28.4 Å². The van der Waals surface area contributed by atoms with Gasteiger partial charge in [0.05, 0.1) is 11.1 Å². The molecule has 0 bridgehead atoms. The molecule has 1 fully saturated rings. The number of hydrogen-bond donors (Lipinski definition) is 1. The van der Waals surface area contributed by atoms with E-state index in [1.54, 1.807) is 5.01 Å². The topological polar surface area (TPSA) is 58.4 Å². The summed E-state index contributed by atoms with van der Waals surface area (Å²) in [5.74, 6) is -2.35. The molecule has 0 aliphatic carbocycles. The number of fused-ring (bicyclic) bond motifs is 1. The van der Waals surface area contributed by atoms with Crippen molar-refractivity contribution in [2.45, 2.75) is 12.8 Å².